The molecule has 19 heteroatoms. The molecule has 0 aromatic rings. The second-order valence-electron chi connectivity index (χ2n) is 10.6. The highest BCUT2D eigenvalue weighted by Gasteiger charge is 2.30. The topological polar surface area (TPSA) is 237 Å². The smallest absolute Gasteiger partial charge is 0.462 e. The average Bonchev–Trinajstić information content (AvgIpc) is 3.02. The molecule has 0 radical (unpaired) electrons. The number of phosphoric ester groups is 2. The molecule has 0 saturated carbocycles. The van der Waals surface area contributed by atoms with Gasteiger partial charge in [-0.15, -0.1) is 0 Å². The van der Waals surface area contributed by atoms with Crippen LogP contribution in [-0.2, 0) is 65.4 Å². The normalized spacial score (nSPS) is 15.7. The summed E-state index contributed by atoms with van der Waals surface area (Å²) in [6.45, 7) is 6.28. The first-order chi connectivity index (χ1) is 22.6. The van der Waals surface area contributed by atoms with E-state index in [1.165, 1.54) is 0 Å². The molecule has 0 saturated heterocycles. The highest BCUT2D eigenvalue weighted by atomic mass is 31.2. The summed E-state index contributed by atoms with van der Waals surface area (Å²) in [6, 6.07) is 0. The van der Waals surface area contributed by atoms with E-state index in [0.717, 1.165) is 26.2 Å². The number of rotatable bonds is 30. The van der Waals surface area contributed by atoms with Crippen LogP contribution >= 0.6 is 15.6 Å². The minimum absolute atomic E-state index is 0.00636. The van der Waals surface area contributed by atoms with Crippen LogP contribution in [-0.4, -0.2) is 96.7 Å². The highest BCUT2D eigenvalue weighted by molar-refractivity contribution is 7.47. The Bertz CT molecular complexity index is 1020. The van der Waals surface area contributed by atoms with E-state index in [2.05, 4.69) is 22.9 Å². The third kappa shape index (κ3) is 26.9. The molecule has 3 N–H and O–H groups in total. The van der Waals surface area contributed by atoms with Crippen LogP contribution in [0.25, 0.3) is 0 Å². The van der Waals surface area contributed by atoms with Crippen LogP contribution in [0.3, 0.4) is 0 Å². The van der Waals surface area contributed by atoms with E-state index in [1.54, 1.807) is 0 Å². The summed E-state index contributed by atoms with van der Waals surface area (Å²) in [4.78, 5) is 67.2. The first-order valence-corrected chi connectivity index (χ1v) is 18.8. The van der Waals surface area contributed by atoms with Crippen LogP contribution in [0.4, 0.5) is 0 Å². The molecule has 5 atom stereocenters. The Kier molecular flexibility index (Phi) is 25.8. The molecule has 0 spiro atoms. The zero-order valence-corrected chi connectivity index (χ0v) is 29.6. The van der Waals surface area contributed by atoms with E-state index in [0.29, 0.717) is 38.5 Å². The fourth-order valence-electron chi connectivity index (χ4n) is 3.48. The van der Waals surface area contributed by atoms with Gasteiger partial charge in [-0.25, -0.2) is 9.13 Å². The molecule has 0 aliphatic heterocycles. The minimum Gasteiger partial charge on any atom is -0.462 e. The number of ether oxygens (including phenoxy) is 4. The zero-order valence-electron chi connectivity index (χ0n) is 27.8. The molecule has 0 aromatic heterocycles. The molecule has 0 aliphatic rings. The number of aliphatic hydroxyl groups excluding tert-OH is 1. The van der Waals surface area contributed by atoms with Crippen LogP contribution in [0.1, 0.15) is 90.9 Å². The van der Waals surface area contributed by atoms with Crippen LogP contribution < -0.4 is 0 Å². The Morgan fingerprint density at radius 2 is 1.04 bits per heavy atom. The van der Waals surface area contributed by atoms with Crippen molar-refractivity contribution in [3.63, 3.8) is 0 Å². The van der Waals surface area contributed by atoms with Gasteiger partial charge in [0.2, 0.25) is 0 Å². The Labute approximate surface area is 282 Å². The summed E-state index contributed by atoms with van der Waals surface area (Å²) in [5.41, 5.74) is 0. The molecule has 0 amide bonds. The summed E-state index contributed by atoms with van der Waals surface area (Å²) >= 11 is 0. The first kappa shape index (κ1) is 46.1. The fraction of sp³-hybridized carbons (Fsp3) is 0.793. The van der Waals surface area contributed by atoms with E-state index < -0.39 is 97.5 Å². The Balaban J connectivity index is 4.80. The van der Waals surface area contributed by atoms with Crippen molar-refractivity contribution in [2.45, 2.75) is 109 Å². The maximum absolute atomic E-state index is 12.3. The van der Waals surface area contributed by atoms with E-state index in [9.17, 15) is 43.2 Å². The lowest BCUT2D eigenvalue weighted by atomic mass is 10.2. The van der Waals surface area contributed by atoms with Gasteiger partial charge >= 0.3 is 39.5 Å². The average molecular weight is 735 g/mol. The molecular weight excluding hydrogens is 682 g/mol. The largest absolute Gasteiger partial charge is 0.472 e. The summed E-state index contributed by atoms with van der Waals surface area (Å²) in [7, 11) is -9.74. The first-order valence-electron chi connectivity index (χ1n) is 15.8. The zero-order chi connectivity index (χ0) is 36.4. The SMILES string of the molecule is [CH2-]CCCCC(=O)OC[C@H](COP(=O)(O)OC[C@@H](O)COP(=O)(O)OC[C@@H](COC(=O)CCCCCC)OC(C)=O)OC(=O)CCC[CH2-]. The molecular formula is C29H52O17P2-2. The van der Waals surface area contributed by atoms with Crippen LogP contribution in [0.2, 0.25) is 0 Å². The summed E-state index contributed by atoms with van der Waals surface area (Å²) < 4.78 is 63.8. The van der Waals surface area contributed by atoms with E-state index in [1.807, 2.05) is 6.92 Å². The third-order valence-corrected chi connectivity index (χ3v) is 7.85. The molecule has 0 aromatic carbocycles. The molecule has 282 valence electrons. The van der Waals surface area contributed by atoms with Crippen molar-refractivity contribution in [2.24, 2.45) is 0 Å². The maximum Gasteiger partial charge on any atom is 0.472 e. The summed E-state index contributed by atoms with van der Waals surface area (Å²) in [6.07, 6.45) is 2.25. The molecule has 0 fully saturated rings. The van der Waals surface area contributed by atoms with Gasteiger partial charge < -0.3 is 47.7 Å². The lowest BCUT2D eigenvalue weighted by Gasteiger charge is -2.21. The number of esters is 4. The summed E-state index contributed by atoms with van der Waals surface area (Å²) in [5, 5.41) is 10.0. The standard InChI is InChI=1S/C29H52O17P2/c1-5-8-11-13-16-28(33)39-19-25(45-23(4)30)21-43-47(35,36)41-17-24(31)18-42-48(37,38)44-22-26(46-29(34)14-10-7-3)20-40-27(32)15-12-9-6-2/h24-26,31H,2-3,5-22H2,1,4H3,(H,35,36)(H,37,38)/q-2/t24-,25+,26+/m0/s1. The number of phosphoric acid groups is 2. The second-order valence-corrected chi connectivity index (χ2v) is 13.5. The number of hydrogen-bond donors (Lipinski definition) is 3. The highest BCUT2D eigenvalue weighted by Crippen LogP contribution is 2.45. The van der Waals surface area contributed by atoms with E-state index in [-0.39, 0.29) is 19.3 Å². The number of carbonyl (C=O) groups excluding carboxylic acids is 4. The molecule has 0 aliphatic carbocycles. The van der Waals surface area contributed by atoms with Crippen LogP contribution in [0.15, 0.2) is 0 Å². The Hall–Kier alpha value is -1.94. The van der Waals surface area contributed by atoms with Gasteiger partial charge in [0.1, 0.15) is 19.3 Å². The number of unbranched alkanes of at least 4 members (excludes halogenated alkanes) is 6. The molecule has 0 rings (SSSR count). The molecule has 17 nitrogen and oxygen atoms in total. The predicted molar refractivity (Wildman–Crippen MR) is 169 cm³/mol. The maximum atomic E-state index is 12.3. The van der Waals surface area contributed by atoms with Gasteiger partial charge in [0.15, 0.2) is 12.2 Å². The second kappa shape index (κ2) is 26.9. The summed E-state index contributed by atoms with van der Waals surface area (Å²) in [5.74, 6) is -2.55. The number of hydrogen-bond acceptors (Lipinski definition) is 15. The van der Waals surface area contributed by atoms with Gasteiger partial charge in [0, 0.05) is 26.2 Å². The van der Waals surface area contributed by atoms with Crippen molar-refractivity contribution >= 4 is 39.5 Å². The molecule has 48 heavy (non-hydrogen) atoms. The minimum atomic E-state index is -4.88. The third-order valence-electron chi connectivity index (χ3n) is 5.94. The van der Waals surface area contributed by atoms with Crippen LogP contribution in [0, 0.1) is 13.8 Å². The van der Waals surface area contributed by atoms with Gasteiger partial charge in [-0.2, -0.15) is 12.8 Å². The van der Waals surface area contributed by atoms with E-state index >= 15 is 0 Å². The molecule has 0 bridgehead atoms. The van der Waals surface area contributed by atoms with Gasteiger partial charge in [-0.05, 0) is 12.8 Å². The van der Waals surface area contributed by atoms with Gasteiger partial charge in [0.25, 0.3) is 0 Å². The van der Waals surface area contributed by atoms with Crippen molar-refractivity contribution in [3.8, 4) is 0 Å². The fourth-order valence-corrected chi connectivity index (χ4v) is 5.06. The Morgan fingerprint density at radius 1 is 0.604 bits per heavy atom. The van der Waals surface area contributed by atoms with Gasteiger partial charge in [-0.3, -0.25) is 37.3 Å². The van der Waals surface area contributed by atoms with Gasteiger partial charge in [-0.1, -0.05) is 39.0 Å². The lowest BCUT2D eigenvalue weighted by Crippen LogP contribution is -2.30. The Morgan fingerprint density at radius 3 is 1.50 bits per heavy atom. The quantitative estimate of drug-likeness (QED) is 0.0312. The monoisotopic (exact) mass is 734 g/mol. The predicted octanol–water partition coefficient (Wildman–Crippen LogP) is 3.91. The van der Waals surface area contributed by atoms with Crippen molar-refractivity contribution in [1.82, 2.24) is 0 Å². The van der Waals surface area contributed by atoms with Crippen LogP contribution in [0.5, 0.6) is 0 Å². The van der Waals surface area contributed by atoms with Crippen molar-refractivity contribution < 1.29 is 80.2 Å². The van der Waals surface area contributed by atoms with E-state index in [4.69, 9.17) is 28.0 Å². The van der Waals surface area contributed by atoms with Crippen molar-refractivity contribution in [2.75, 3.05) is 39.6 Å². The van der Waals surface area contributed by atoms with Crippen molar-refractivity contribution in [1.29, 1.82) is 0 Å². The van der Waals surface area contributed by atoms with Crippen molar-refractivity contribution in [3.05, 3.63) is 13.8 Å². The number of carbonyl (C=O) groups is 4. The van der Waals surface area contributed by atoms with Gasteiger partial charge in [0.05, 0.1) is 26.4 Å². The number of aliphatic hydroxyl groups is 1. The lowest BCUT2D eigenvalue weighted by molar-refractivity contribution is -0.161. The molecule has 2 unspecified atom stereocenters. The molecule has 0 heterocycles.